The van der Waals surface area contributed by atoms with Crippen molar-refractivity contribution in [1.29, 1.82) is 0 Å². The van der Waals surface area contributed by atoms with Gasteiger partial charge in [0.2, 0.25) is 10.0 Å². The Kier molecular flexibility index (Phi) is 5.36. The molecule has 0 unspecified atom stereocenters. The number of benzene rings is 2. The highest BCUT2D eigenvalue weighted by molar-refractivity contribution is 7.92. The number of aliphatic carboxylic acids is 1. The van der Waals surface area contributed by atoms with Crippen LogP contribution in [0.2, 0.25) is 5.02 Å². The van der Waals surface area contributed by atoms with E-state index in [1.165, 1.54) is 0 Å². The summed E-state index contributed by atoms with van der Waals surface area (Å²) in [5.74, 6) is -0.749. The van der Waals surface area contributed by atoms with Gasteiger partial charge in [0.25, 0.3) is 0 Å². The molecule has 0 saturated heterocycles. The van der Waals surface area contributed by atoms with Crippen LogP contribution in [0.3, 0.4) is 0 Å². The fourth-order valence-electron chi connectivity index (χ4n) is 2.17. The Balaban J connectivity index is 2.52. The molecule has 0 bridgehead atoms. The molecular weight excluding hydrogens is 354 g/mol. The van der Waals surface area contributed by atoms with E-state index in [0.717, 1.165) is 11.8 Å². The van der Waals surface area contributed by atoms with Crippen molar-refractivity contribution in [3.8, 4) is 16.9 Å². The molecule has 0 spiro atoms. The molecule has 2 N–H and O–H groups in total. The third-order valence-corrected chi connectivity index (χ3v) is 3.97. The number of sulfonamides is 1. The Hall–Kier alpha value is -2.25. The lowest BCUT2D eigenvalue weighted by Gasteiger charge is -2.14. The number of rotatable bonds is 6. The number of hydrogen-bond donors (Lipinski definition) is 2. The molecule has 2 aromatic rings. The fraction of sp³-hybridized carbons (Fsp3) is 0.188. The summed E-state index contributed by atoms with van der Waals surface area (Å²) < 4.78 is 30.5. The average molecular weight is 370 g/mol. The quantitative estimate of drug-likeness (QED) is 0.815. The number of hydrogen-bond acceptors (Lipinski definition) is 4. The Morgan fingerprint density at radius 3 is 2.54 bits per heavy atom. The van der Waals surface area contributed by atoms with Crippen molar-refractivity contribution in [2.24, 2.45) is 0 Å². The third kappa shape index (κ3) is 4.87. The zero-order valence-corrected chi connectivity index (χ0v) is 14.6. The van der Waals surface area contributed by atoms with E-state index in [-0.39, 0.29) is 0 Å². The number of aryl methyl sites for hydroxylation is 1. The predicted octanol–water partition coefficient (Wildman–Crippen LogP) is 3.15. The fourth-order valence-corrected chi connectivity index (χ4v) is 2.89. The summed E-state index contributed by atoms with van der Waals surface area (Å²) in [6.07, 6.45) is 1.06. The standard InChI is InChI=1S/C16H16ClNO5S/c1-10-3-5-12(18-24(2,21)22)8-13(10)14-7-11(17)4-6-15(14)23-9-16(19)20/h3-8,18H,9H2,1-2H3,(H,19,20). The molecule has 24 heavy (non-hydrogen) atoms. The van der Waals surface area contributed by atoms with Crippen molar-refractivity contribution in [3.05, 3.63) is 47.0 Å². The van der Waals surface area contributed by atoms with E-state index < -0.39 is 22.6 Å². The van der Waals surface area contributed by atoms with Crippen LogP contribution in [-0.2, 0) is 14.8 Å². The molecule has 6 nitrogen and oxygen atoms in total. The van der Waals surface area contributed by atoms with Gasteiger partial charge in [-0.05, 0) is 48.4 Å². The van der Waals surface area contributed by atoms with Crippen molar-refractivity contribution in [2.45, 2.75) is 6.92 Å². The maximum atomic E-state index is 11.4. The van der Waals surface area contributed by atoms with Gasteiger partial charge in [-0.1, -0.05) is 17.7 Å². The highest BCUT2D eigenvalue weighted by Gasteiger charge is 2.13. The molecule has 0 aliphatic rings. The van der Waals surface area contributed by atoms with Gasteiger partial charge >= 0.3 is 5.97 Å². The maximum absolute atomic E-state index is 11.4. The van der Waals surface area contributed by atoms with E-state index in [1.54, 1.807) is 36.4 Å². The van der Waals surface area contributed by atoms with Crippen molar-refractivity contribution in [1.82, 2.24) is 0 Å². The van der Waals surface area contributed by atoms with Crippen LogP contribution < -0.4 is 9.46 Å². The van der Waals surface area contributed by atoms with Gasteiger partial charge in [0.05, 0.1) is 6.26 Å². The summed E-state index contributed by atoms with van der Waals surface area (Å²) in [6.45, 7) is 1.36. The minimum absolute atomic E-state index is 0.349. The SMILES string of the molecule is Cc1ccc(NS(C)(=O)=O)cc1-c1cc(Cl)ccc1OCC(=O)O. The van der Waals surface area contributed by atoms with Crippen LogP contribution in [0.4, 0.5) is 5.69 Å². The Labute approximate surface area is 145 Å². The lowest BCUT2D eigenvalue weighted by molar-refractivity contribution is -0.139. The Morgan fingerprint density at radius 2 is 1.92 bits per heavy atom. The maximum Gasteiger partial charge on any atom is 0.341 e. The lowest BCUT2D eigenvalue weighted by atomic mass is 9.99. The van der Waals surface area contributed by atoms with Crippen LogP contribution in [-0.4, -0.2) is 32.4 Å². The van der Waals surface area contributed by atoms with Crippen molar-refractivity contribution < 1.29 is 23.1 Å². The molecule has 0 heterocycles. The summed E-state index contributed by atoms with van der Waals surface area (Å²) in [4.78, 5) is 10.7. The molecule has 128 valence electrons. The molecule has 0 fully saturated rings. The van der Waals surface area contributed by atoms with Crippen molar-refractivity contribution in [3.63, 3.8) is 0 Å². The van der Waals surface area contributed by atoms with Crippen LogP contribution in [0.25, 0.3) is 11.1 Å². The summed E-state index contributed by atoms with van der Waals surface area (Å²) in [7, 11) is -3.41. The second-order valence-corrected chi connectivity index (χ2v) is 7.41. The van der Waals surface area contributed by atoms with Gasteiger partial charge in [-0.15, -0.1) is 0 Å². The first-order valence-electron chi connectivity index (χ1n) is 6.88. The number of halogens is 1. The van der Waals surface area contributed by atoms with Crippen LogP contribution >= 0.6 is 11.6 Å². The zero-order valence-electron chi connectivity index (χ0n) is 13.0. The highest BCUT2D eigenvalue weighted by atomic mass is 35.5. The molecule has 0 aromatic heterocycles. The predicted molar refractivity (Wildman–Crippen MR) is 93.2 cm³/mol. The van der Waals surface area contributed by atoms with Gasteiger partial charge in [0.15, 0.2) is 6.61 Å². The minimum atomic E-state index is -3.41. The second kappa shape index (κ2) is 7.11. The molecule has 0 amide bonds. The van der Waals surface area contributed by atoms with Crippen LogP contribution in [0, 0.1) is 6.92 Å². The summed E-state index contributed by atoms with van der Waals surface area (Å²) in [5.41, 5.74) is 2.52. The normalized spacial score (nSPS) is 11.1. The largest absolute Gasteiger partial charge is 0.481 e. The average Bonchev–Trinajstić information content (AvgIpc) is 2.46. The first-order chi connectivity index (χ1) is 11.2. The molecule has 0 saturated carbocycles. The number of anilines is 1. The number of nitrogens with one attached hydrogen (secondary N) is 1. The Bertz CT molecular complexity index is 880. The highest BCUT2D eigenvalue weighted by Crippen LogP contribution is 2.36. The van der Waals surface area contributed by atoms with E-state index in [9.17, 15) is 13.2 Å². The van der Waals surface area contributed by atoms with Crippen LogP contribution in [0.15, 0.2) is 36.4 Å². The first-order valence-corrected chi connectivity index (χ1v) is 9.15. The van der Waals surface area contributed by atoms with E-state index in [0.29, 0.717) is 27.6 Å². The molecule has 0 radical (unpaired) electrons. The number of ether oxygens (including phenoxy) is 1. The smallest absolute Gasteiger partial charge is 0.341 e. The van der Waals surface area contributed by atoms with E-state index >= 15 is 0 Å². The summed E-state index contributed by atoms with van der Waals surface area (Å²) >= 11 is 6.04. The third-order valence-electron chi connectivity index (χ3n) is 3.12. The summed E-state index contributed by atoms with van der Waals surface area (Å²) in [5, 5.41) is 9.24. The monoisotopic (exact) mass is 369 g/mol. The van der Waals surface area contributed by atoms with Gasteiger partial charge in [-0.25, -0.2) is 13.2 Å². The number of carboxylic acids is 1. The van der Waals surface area contributed by atoms with Crippen LogP contribution in [0.1, 0.15) is 5.56 Å². The second-order valence-electron chi connectivity index (χ2n) is 5.23. The van der Waals surface area contributed by atoms with Crippen molar-refractivity contribution in [2.75, 3.05) is 17.6 Å². The molecule has 0 atom stereocenters. The Morgan fingerprint density at radius 1 is 1.21 bits per heavy atom. The van der Waals surface area contributed by atoms with Crippen LogP contribution in [0.5, 0.6) is 5.75 Å². The van der Waals surface area contributed by atoms with E-state index in [4.69, 9.17) is 21.4 Å². The van der Waals surface area contributed by atoms with Gasteiger partial charge < -0.3 is 9.84 Å². The molecule has 8 heteroatoms. The van der Waals surface area contributed by atoms with Crippen molar-refractivity contribution >= 4 is 33.3 Å². The van der Waals surface area contributed by atoms with Gasteiger partial charge in [0.1, 0.15) is 5.75 Å². The molecule has 0 aliphatic carbocycles. The van der Waals surface area contributed by atoms with Gasteiger partial charge in [-0.3, -0.25) is 4.72 Å². The van der Waals surface area contributed by atoms with Gasteiger partial charge in [0, 0.05) is 16.3 Å². The minimum Gasteiger partial charge on any atom is -0.481 e. The van der Waals surface area contributed by atoms with Gasteiger partial charge in [-0.2, -0.15) is 0 Å². The zero-order chi connectivity index (χ0) is 17.9. The lowest BCUT2D eigenvalue weighted by Crippen LogP contribution is -2.10. The number of carbonyl (C=O) groups is 1. The first kappa shape index (κ1) is 18.1. The van der Waals surface area contributed by atoms with E-state index in [1.807, 2.05) is 6.92 Å². The topological polar surface area (TPSA) is 92.7 Å². The molecule has 2 rings (SSSR count). The van der Waals surface area contributed by atoms with E-state index in [2.05, 4.69) is 4.72 Å². The summed E-state index contributed by atoms with van der Waals surface area (Å²) in [6, 6.07) is 9.86. The molecule has 2 aromatic carbocycles. The molecular formula is C16H16ClNO5S. The molecule has 0 aliphatic heterocycles. The number of carboxylic acid groups (broad SMARTS) is 1.